The van der Waals surface area contributed by atoms with Gasteiger partial charge in [-0.15, -0.1) is 0 Å². The van der Waals surface area contributed by atoms with E-state index in [1.165, 1.54) is 11.6 Å². The normalized spacial score (nSPS) is 12.7. The molecular formula is C17H20N2O2. The van der Waals surface area contributed by atoms with Crippen molar-refractivity contribution in [3.8, 4) is 0 Å². The highest BCUT2D eigenvalue weighted by molar-refractivity contribution is 5.91. The summed E-state index contributed by atoms with van der Waals surface area (Å²) in [5.41, 5.74) is 1.18. The lowest BCUT2D eigenvalue weighted by molar-refractivity contribution is -0.116. The van der Waals surface area contributed by atoms with E-state index in [1.807, 2.05) is 32.3 Å². The summed E-state index contributed by atoms with van der Waals surface area (Å²) in [5.74, 6) is 0.534. The zero-order chi connectivity index (χ0) is 15.1. The highest BCUT2D eigenvalue weighted by atomic mass is 16.3. The highest BCUT2D eigenvalue weighted by Crippen LogP contribution is 2.16. The molecule has 21 heavy (non-hydrogen) atoms. The molecule has 0 aliphatic carbocycles. The Morgan fingerprint density at radius 3 is 2.62 bits per heavy atom. The first kappa shape index (κ1) is 15.1. The third-order valence-electron chi connectivity index (χ3n) is 3.22. The molecule has 0 saturated heterocycles. The predicted molar refractivity (Wildman–Crippen MR) is 83.6 cm³/mol. The van der Waals surface area contributed by atoms with E-state index >= 15 is 0 Å². The monoisotopic (exact) mass is 284 g/mol. The van der Waals surface area contributed by atoms with Gasteiger partial charge in [0.1, 0.15) is 5.76 Å². The number of benzene rings is 1. The number of likely N-dealkylation sites (N-methyl/N-ethyl adjacent to an activating group) is 1. The van der Waals surface area contributed by atoms with Crippen LogP contribution in [0, 0.1) is 0 Å². The van der Waals surface area contributed by atoms with E-state index < -0.39 is 0 Å². The van der Waals surface area contributed by atoms with E-state index in [4.69, 9.17) is 4.42 Å². The first-order valence-corrected chi connectivity index (χ1v) is 6.87. The van der Waals surface area contributed by atoms with Crippen LogP contribution in [0.25, 0.3) is 6.08 Å². The minimum absolute atomic E-state index is 0.130. The fourth-order valence-electron chi connectivity index (χ4n) is 2.07. The summed E-state index contributed by atoms with van der Waals surface area (Å²) in [6, 6.07) is 13.9. The van der Waals surface area contributed by atoms with E-state index in [9.17, 15) is 4.79 Å². The number of furan rings is 1. The van der Waals surface area contributed by atoms with Crippen molar-refractivity contribution in [1.82, 2.24) is 10.2 Å². The molecule has 2 rings (SSSR count). The Balaban J connectivity index is 1.92. The van der Waals surface area contributed by atoms with Gasteiger partial charge >= 0.3 is 0 Å². The molecule has 0 aliphatic heterocycles. The number of hydrogen-bond donors (Lipinski definition) is 1. The maximum atomic E-state index is 11.8. The second kappa shape index (κ2) is 7.45. The Kier molecular flexibility index (Phi) is 5.35. The number of carbonyl (C=O) groups is 1. The zero-order valence-corrected chi connectivity index (χ0v) is 12.3. The topological polar surface area (TPSA) is 45.5 Å². The number of nitrogens with one attached hydrogen (secondary N) is 1. The molecule has 1 heterocycles. The molecule has 2 aromatic rings. The van der Waals surface area contributed by atoms with Gasteiger partial charge in [0.05, 0.1) is 12.3 Å². The predicted octanol–water partition coefficient (Wildman–Crippen LogP) is 2.71. The molecule has 1 unspecified atom stereocenters. The van der Waals surface area contributed by atoms with Gasteiger partial charge in [-0.05, 0) is 37.9 Å². The van der Waals surface area contributed by atoms with Crippen LogP contribution >= 0.6 is 0 Å². The molecule has 0 spiro atoms. The van der Waals surface area contributed by atoms with Crippen LogP contribution in [0.4, 0.5) is 0 Å². The average Bonchev–Trinajstić information content (AvgIpc) is 2.99. The molecule has 0 radical (unpaired) electrons. The number of carbonyl (C=O) groups excluding carboxylic acids is 1. The van der Waals surface area contributed by atoms with Crippen molar-refractivity contribution in [2.45, 2.75) is 6.04 Å². The summed E-state index contributed by atoms with van der Waals surface area (Å²) in [7, 11) is 4.00. The molecule has 4 nitrogen and oxygen atoms in total. The quantitative estimate of drug-likeness (QED) is 0.830. The summed E-state index contributed by atoms with van der Waals surface area (Å²) >= 11 is 0. The van der Waals surface area contributed by atoms with Gasteiger partial charge in [-0.3, -0.25) is 4.79 Å². The van der Waals surface area contributed by atoms with Crippen molar-refractivity contribution in [3.05, 3.63) is 66.1 Å². The van der Waals surface area contributed by atoms with Gasteiger partial charge < -0.3 is 14.6 Å². The van der Waals surface area contributed by atoms with Gasteiger partial charge in [0.2, 0.25) is 5.91 Å². The zero-order valence-electron chi connectivity index (χ0n) is 12.3. The van der Waals surface area contributed by atoms with Crippen molar-refractivity contribution in [2.24, 2.45) is 0 Å². The van der Waals surface area contributed by atoms with E-state index in [1.54, 1.807) is 24.5 Å². The SMILES string of the molecule is CN(C)C(CNC(=O)/C=C/c1ccco1)c1ccccc1. The summed E-state index contributed by atoms with van der Waals surface area (Å²) in [6.07, 6.45) is 4.72. The van der Waals surface area contributed by atoms with E-state index in [0.29, 0.717) is 12.3 Å². The lowest BCUT2D eigenvalue weighted by atomic mass is 10.1. The third kappa shape index (κ3) is 4.61. The largest absolute Gasteiger partial charge is 0.465 e. The fourth-order valence-corrected chi connectivity index (χ4v) is 2.07. The van der Waals surface area contributed by atoms with Crippen LogP contribution in [0.3, 0.4) is 0 Å². The smallest absolute Gasteiger partial charge is 0.244 e. The maximum absolute atomic E-state index is 11.8. The molecule has 0 aliphatic rings. The van der Waals surface area contributed by atoms with Crippen molar-refractivity contribution in [2.75, 3.05) is 20.6 Å². The Morgan fingerprint density at radius 2 is 2.00 bits per heavy atom. The molecule has 0 bridgehead atoms. The standard InChI is InChI=1S/C17H20N2O2/c1-19(2)16(14-7-4-3-5-8-14)13-18-17(20)11-10-15-9-6-12-21-15/h3-12,16H,13H2,1-2H3,(H,18,20)/b11-10+. The number of hydrogen-bond acceptors (Lipinski definition) is 3. The minimum atomic E-state index is -0.130. The van der Waals surface area contributed by atoms with Crippen molar-refractivity contribution in [1.29, 1.82) is 0 Å². The van der Waals surface area contributed by atoms with Gasteiger partial charge in [-0.2, -0.15) is 0 Å². The van der Waals surface area contributed by atoms with Gasteiger partial charge in [-0.25, -0.2) is 0 Å². The summed E-state index contributed by atoms with van der Waals surface area (Å²) < 4.78 is 5.14. The van der Waals surface area contributed by atoms with Crippen LogP contribution in [-0.2, 0) is 4.79 Å². The third-order valence-corrected chi connectivity index (χ3v) is 3.22. The first-order valence-electron chi connectivity index (χ1n) is 6.87. The second-order valence-corrected chi connectivity index (χ2v) is 4.98. The summed E-state index contributed by atoms with van der Waals surface area (Å²) in [6.45, 7) is 0.554. The summed E-state index contributed by atoms with van der Waals surface area (Å²) in [5, 5.41) is 2.92. The lowest BCUT2D eigenvalue weighted by Gasteiger charge is -2.24. The Labute approximate surface area is 125 Å². The molecule has 1 aromatic heterocycles. The van der Waals surface area contributed by atoms with Crippen LogP contribution in [0.2, 0.25) is 0 Å². The van der Waals surface area contributed by atoms with Crippen LogP contribution < -0.4 is 5.32 Å². The Hall–Kier alpha value is -2.33. The van der Waals surface area contributed by atoms with Crippen molar-refractivity contribution >= 4 is 12.0 Å². The molecule has 1 N–H and O–H groups in total. The van der Waals surface area contributed by atoms with E-state index in [-0.39, 0.29) is 11.9 Å². The Bertz CT molecular complexity index is 574. The average molecular weight is 284 g/mol. The van der Waals surface area contributed by atoms with Crippen LogP contribution in [0.15, 0.2) is 59.2 Å². The molecule has 4 heteroatoms. The number of nitrogens with zero attached hydrogens (tertiary/aromatic N) is 1. The molecule has 1 amide bonds. The van der Waals surface area contributed by atoms with Crippen LogP contribution in [0.5, 0.6) is 0 Å². The van der Waals surface area contributed by atoms with Gasteiger partial charge in [0.25, 0.3) is 0 Å². The van der Waals surface area contributed by atoms with Gasteiger partial charge in [-0.1, -0.05) is 30.3 Å². The molecule has 110 valence electrons. The van der Waals surface area contributed by atoms with Gasteiger partial charge in [0.15, 0.2) is 0 Å². The second-order valence-electron chi connectivity index (χ2n) is 4.98. The molecule has 0 saturated carbocycles. The molecule has 1 aromatic carbocycles. The van der Waals surface area contributed by atoms with Crippen molar-refractivity contribution in [3.63, 3.8) is 0 Å². The molecular weight excluding hydrogens is 264 g/mol. The molecule has 1 atom stereocenters. The maximum Gasteiger partial charge on any atom is 0.244 e. The Morgan fingerprint density at radius 1 is 1.24 bits per heavy atom. The first-order chi connectivity index (χ1) is 10.2. The number of amides is 1. The van der Waals surface area contributed by atoms with Crippen LogP contribution in [-0.4, -0.2) is 31.4 Å². The van der Waals surface area contributed by atoms with Gasteiger partial charge in [0, 0.05) is 12.6 Å². The molecule has 0 fully saturated rings. The fraction of sp³-hybridized carbons (Fsp3) is 0.235. The summed E-state index contributed by atoms with van der Waals surface area (Å²) in [4.78, 5) is 13.9. The lowest BCUT2D eigenvalue weighted by Crippen LogP contribution is -2.33. The minimum Gasteiger partial charge on any atom is -0.465 e. The van der Waals surface area contributed by atoms with E-state index in [2.05, 4.69) is 22.3 Å². The van der Waals surface area contributed by atoms with Crippen molar-refractivity contribution < 1.29 is 9.21 Å². The number of rotatable bonds is 6. The highest BCUT2D eigenvalue weighted by Gasteiger charge is 2.14. The van der Waals surface area contributed by atoms with E-state index in [0.717, 1.165) is 0 Å². The van der Waals surface area contributed by atoms with Crippen LogP contribution in [0.1, 0.15) is 17.4 Å².